The molecule has 0 fully saturated rings. The molecule has 0 aliphatic heterocycles. The molecule has 0 unspecified atom stereocenters. The summed E-state index contributed by atoms with van der Waals surface area (Å²) in [5.74, 6) is -0.398. The zero-order valence-electron chi connectivity index (χ0n) is 13.0. The molecule has 0 saturated heterocycles. The van der Waals surface area contributed by atoms with Crippen LogP contribution in [0.4, 0.5) is 9.18 Å². The molecule has 0 saturated carbocycles. The zero-order chi connectivity index (χ0) is 17.2. The molecule has 5 heteroatoms. The number of amides is 1. The highest BCUT2D eigenvalue weighted by molar-refractivity contribution is 5.67. The van der Waals surface area contributed by atoms with Crippen molar-refractivity contribution in [2.75, 3.05) is 6.54 Å². The quantitative estimate of drug-likeness (QED) is 0.878. The third-order valence-electron chi connectivity index (χ3n) is 3.22. The van der Waals surface area contributed by atoms with Crippen molar-refractivity contribution in [1.29, 1.82) is 5.26 Å². The monoisotopic (exact) mass is 324 g/mol. The summed E-state index contributed by atoms with van der Waals surface area (Å²) in [4.78, 5) is 11.5. The second-order valence-corrected chi connectivity index (χ2v) is 5.04. The standard InChI is InChI=1S/C19H17FN2O2/c20-18-13-15(10-11-21)8-9-17(18)7-4-12-22-19(23)24-14-16-5-2-1-3-6-16/h1-9,13H,10,12,14H2,(H,22,23). The molecule has 2 aromatic rings. The van der Waals surface area contributed by atoms with Crippen molar-refractivity contribution in [3.63, 3.8) is 0 Å². The van der Waals surface area contributed by atoms with Gasteiger partial charge in [-0.05, 0) is 17.2 Å². The Morgan fingerprint density at radius 3 is 2.71 bits per heavy atom. The highest BCUT2D eigenvalue weighted by atomic mass is 19.1. The van der Waals surface area contributed by atoms with Crippen LogP contribution in [-0.4, -0.2) is 12.6 Å². The third-order valence-corrected chi connectivity index (χ3v) is 3.22. The van der Waals surface area contributed by atoms with Crippen molar-refractivity contribution < 1.29 is 13.9 Å². The van der Waals surface area contributed by atoms with E-state index in [2.05, 4.69) is 5.32 Å². The summed E-state index contributed by atoms with van der Waals surface area (Å²) in [6.07, 6.45) is 2.85. The van der Waals surface area contributed by atoms with Crippen LogP contribution < -0.4 is 5.32 Å². The van der Waals surface area contributed by atoms with Crippen LogP contribution in [0.3, 0.4) is 0 Å². The molecule has 0 heterocycles. The predicted octanol–water partition coefficient (Wildman–Crippen LogP) is 3.83. The molecule has 0 aromatic heterocycles. The lowest BCUT2D eigenvalue weighted by atomic mass is 10.1. The topological polar surface area (TPSA) is 62.1 Å². The first-order chi connectivity index (χ1) is 11.7. The highest BCUT2D eigenvalue weighted by Crippen LogP contribution is 2.12. The van der Waals surface area contributed by atoms with Crippen LogP contribution in [0.5, 0.6) is 0 Å². The van der Waals surface area contributed by atoms with Gasteiger partial charge < -0.3 is 10.1 Å². The fourth-order valence-corrected chi connectivity index (χ4v) is 2.01. The largest absolute Gasteiger partial charge is 0.445 e. The van der Waals surface area contributed by atoms with Crippen molar-refractivity contribution >= 4 is 12.2 Å². The Hall–Kier alpha value is -3.13. The summed E-state index contributed by atoms with van der Waals surface area (Å²) in [5.41, 5.74) is 1.94. The Morgan fingerprint density at radius 1 is 1.21 bits per heavy atom. The molecule has 4 nitrogen and oxygen atoms in total. The fraction of sp³-hybridized carbons (Fsp3) is 0.158. The molecular formula is C19H17FN2O2. The number of ether oxygens (including phenoxy) is 1. The molecule has 0 aliphatic carbocycles. The molecule has 24 heavy (non-hydrogen) atoms. The first kappa shape index (κ1) is 17.2. The number of benzene rings is 2. The second-order valence-electron chi connectivity index (χ2n) is 5.04. The number of hydrogen-bond acceptors (Lipinski definition) is 3. The van der Waals surface area contributed by atoms with E-state index in [-0.39, 0.29) is 19.6 Å². The fourth-order valence-electron chi connectivity index (χ4n) is 2.01. The van der Waals surface area contributed by atoms with E-state index in [1.54, 1.807) is 24.3 Å². The van der Waals surface area contributed by atoms with Crippen molar-refractivity contribution in [2.24, 2.45) is 0 Å². The zero-order valence-corrected chi connectivity index (χ0v) is 13.0. The normalized spacial score (nSPS) is 10.3. The number of nitrogens with zero attached hydrogens (tertiary/aromatic N) is 1. The molecule has 0 bridgehead atoms. The molecular weight excluding hydrogens is 307 g/mol. The number of rotatable bonds is 6. The average Bonchev–Trinajstić information content (AvgIpc) is 2.59. The summed E-state index contributed by atoms with van der Waals surface area (Å²) < 4.78 is 18.9. The Balaban J connectivity index is 1.76. The summed E-state index contributed by atoms with van der Waals surface area (Å²) in [5, 5.41) is 11.1. The van der Waals surface area contributed by atoms with Gasteiger partial charge in [0.2, 0.25) is 0 Å². The van der Waals surface area contributed by atoms with Crippen LogP contribution in [0.15, 0.2) is 54.6 Å². The molecule has 0 spiro atoms. The predicted molar refractivity (Wildman–Crippen MR) is 89.4 cm³/mol. The van der Waals surface area contributed by atoms with E-state index in [4.69, 9.17) is 10.00 Å². The van der Waals surface area contributed by atoms with Gasteiger partial charge in [-0.3, -0.25) is 0 Å². The Morgan fingerprint density at radius 2 is 2.00 bits per heavy atom. The van der Waals surface area contributed by atoms with Crippen molar-refractivity contribution in [1.82, 2.24) is 5.32 Å². The van der Waals surface area contributed by atoms with Crippen LogP contribution in [0.1, 0.15) is 16.7 Å². The van der Waals surface area contributed by atoms with Gasteiger partial charge in [0.05, 0.1) is 12.5 Å². The Bertz CT molecular complexity index is 752. The first-order valence-corrected chi connectivity index (χ1v) is 7.45. The average molecular weight is 324 g/mol. The van der Waals surface area contributed by atoms with Gasteiger partial charge in [-0.15, -0.1) is 0 Å². The van der Waals surface area contributed by atoms with Gasteiger partial charge in [0.1, 0.15) is 12.4 Å². The summed E-state index contributed by atoms with van der Waals surface area (Å²) >= 11 is 0. The van der Waals surface area contributed by atoms with E-state index in [1.807, 2.05) is 36.4 Å². The third kappa shape index (κ3) is 5.58. The number of hydrogen-bond donors (Lipinski definition) is 1. The minimum Gasteiger partial charge on any atom is -0.445 e. The number of halogens is 1. The summed E-state index contributed by atoms with van der Waals surface area (Å²) in [6.45, 7) is 0.429. The molecule has 0 radical (unpaired) electrons. The maximum Gasteiger partial charge on any atom is 0.407 e. The van der Waals surface area contributed by atoms with Gasteiger partial charge in [-0.25, -0.2) is 9.18 Å². The van der Waals surface area contributed by atoms with Crippen molar-refractivity contribution in [2.45, 2.75) is 13.0 Å². The summed E-state index contributed by atoms with van der Waals surface area (Å²) in [7, 11) is 0. The van der Waals surface area contributed by atoms with Gasteiger partial charge >= 0.3 is 6.09 Å². The van der Waals surface area contributed by atoms with Crippen LogP contribution in [0.2, 0.25) is 0 Å². The summed E-state index contributed by atoms with van der Waals surface area (Å²) in [6, 6.07) is 16.0. The van der Waals surface area contributed by atoms with Crippen LogP contribution in [0, 0.1) is 17.1 Å². The number of nitriles is 1. The van der Waals surface area contributed by atoms with Gasteiger partial charge in [0.25, 0.3) is 0 Å². The van der Waals surface area contributed by atoms with E-state index < -0.39 is 11.9 Å². The lowest BCUT2D eigenvalue weighted by Crippen LogP contribution is -2.24. The number of alkyl carbamates (subject to hydrolysis) is 1. The van der Waals surface area contributed by atoms with Gasteiger partial charge in [-0.1, -0.05) is 54.6 Å². The van der Waals surface area contributed by atoms with Crippen molar-refractivity contribution in [3.05, 3.63) is 77.1 Å². The minimum atomic E-state index is -0.534. The maximum absolute atomic E-state index is 13.8. The molecule has 122 valence electrons. The van der Waals surface area contributed by atoms with Crippen LogP contribution >= 0.6 is 0 Å². The van der Waals surface area contributed by atoms with Gasteiger partial charge in [0.15, 0.2) is 0 Å². The van der Waals surface area contributed by atoms with E-state index in [0.717, 1.165) is 5.56 Å². The Kier molecular flexibility index (Phi) is 6.54. The first-order valence-electron chi connectivity index (χ1n) is 7.45. The maximum atomic E-state index is 13.8. The van der Waals surface area contributed by atoms with E-state index in [9.17, 15) is 9.18 Å². The lowest BCUT2D eigenvalue weighted by Gasteiger charge is -2.05. The molecule has 2 aromatic carbocycles. The molecule has 1 amide bonds. The highest BCUT2D eigenvalue weighted by Gasteiger charge is 2.02. The molecule has 0 atom stereocenters. The number of nitrogens with one attached hydrogen (secondary N) is 1. The molecule has 1 N–H and O–H groups in total. The number of carbonyl (C=O) groups is 1. The molecule has 0 aliphatic rings. The Labute approximate surface area is 140 Å². The van der Waals surface area contributed by atoms with Crippen LogP contribution in [0.25, 0.3) is 6.08 Å². The lowest BCUT2D eigenvalue weighted by molar-refractivity contribution is 0.141. The SMILES string of the molecule is N#CCc1ccc(C=CCNC(=O)OCc2ccccc2)c(F)c1. The van der Waals surface area contributed by atoms with Gasteiger partial charge in [0, 0.05) is 12.1 Å². The second kappa shape index (κ2) is 9.11. The van der Waals surface area contributed by atoms with Crippen molar-refractivity contribution in [3.8, 4) is 6.07 Å². The van der Waals surface area contributed by atoms with E-state index >= 15 is 0 Å². The van der Waals surface area contributed by atoms with Gasteiger partial charge in [-0.2, -0.15) is 5.26 Å². The smallest absolute Gasteiger partial charge is 0.407 e. The number of carbonyl (C=O) groups excluding carboxylic acids is 1. The van der Waals surface area contributed by atoms with E-state index in [1.165, 1.54) is 6.07 Å². The van der Waals surface area contributed by atoms with Crippen LogP contribution in [-0.2, 0) is 17.8 Å². The molecule has 2 rings (SSSR count). The van der Waals surface area contributed by atoms with E-state index in [0.29, 0.717) is 11.1 Å². The minimum absolute atomic E-state index is 0.176.